The van der Waals surface area contributed by atoms with Crippen LogP contribution in [0.25, 0.3) is 0 Å². The van der Waals surface area contributed by atoms with Gasteiger partial charge in [0, 0.05) is 39.9 Å². The van der Waals surface area contributed by atoms with E-state index in [4.69, 9.17) is 4.74 Å². The number of ether oxygens (including phenoxy) is 1. The van der Waals surface area contributed by atoms with E-state index >= 15 is 0 Å². The summed E-state index contributed by atoms with van der Waals surface area (Å²) in [5, 5.41) is 0. The third-order valence-corrected chi connectivity index (χ3v) is 6.46. The predicted octanol–water partition coefficient (Wildman–Crippen LogP) is 0.861. The Labute approximate surface area is 138 Å². The number of nitrogens with zero attached hydrogens (tertiary/aromatic N) is 4. The number of pyridine rings is 1. The van der Waals surface area contributed by atoms with Crippen molar-refractivity contribution in [1.82, 2.24) is 13.6 Å². The molecular weight excluding hydrogens is 316 g/mol. The van der Waals surface area contributed by atoms with Gasteiger partial charge in [-0.1, -0.05) is 0 Å². The van der Waals surface area contributed by atoms with E-state index in [2.05, 4.69) is 4.98 Å². The molecule has 2 aliphatic rings. The molecule has 0 aromatic carbocycles. The van der Waals surface area contributed by atoms with Crippen LogP contribution < -0.4 is 4.90 Å². The van der Waals surface area contributed by atoms with Gasteiger partial charge in [-0.25, -0.2) is 4.98 Å². The van der Waals surface area contributed by atoms with Crippen molar-refractivity contribution in [3.05, 3.63) is 23.9 Å². The molecule has 128 valence electrons. The zero-order valence-corrected chi connectivity index (χ0v) is 14.5. The van der Waals surface area contributed by atoms with E-state index in [0.29, 0.717) is 32.8 Å². The van der Waals surface area contributed by atoms with Crippen molar-refractivity contribution in [2.75, 3.05) is 51.8 Å². The molecule has 1 aromatic heterocycles. The van der Waals surface area contributed by atoms with Crippen molar-refractivity contribution < 1.29 is 13.2 Å². The van der Waals surface area contributed by atoms with Gasteiger partial charge in [0.25, 0.3) is 10.2 Å². The van der Waals surface area contributed by atoms with Crippen LogP contribution in [0.5, 0.6) is 0 Å². The summed E-state index contributed by atoms with van der Waals surface area (Å²) >= 11 is 0. The minimum Gasteiger partial charge on any atom is -0.379 e. The van der Waals surface area contributed by atoms with Gasteiger partial charge in [0.05, 0.1) is 19.3 Å². The van der Waals surface area contributed by atoms with Gasteiger partial charge in [-0.2, -0.15) is 17.0 Å². The molecule has 23 heavy (non-hydrogen) atoms. The Morgan fingerprint density at radius 3 is 2.70 bits per heavy atom. The Morgan fingerprint density at radius 2 is 2.00 bits per heavy atom. The molecule has 2 fully saturated rings. The molecular formula is C15H24N4O3S. The first-order chi connectivity index (χ1) is 11.0. The highest BCUT2D eigenvalue weighted by Crippen LogP contribution is 2.36. The van der Waals surface area contributed by atoms with Crippen LogP contribution >= 0.6 is 0 Å². The molecule has 3 heterocycles. The lowest BCUT2D eigenvalue weighted by Crippen LogP contribution is -2.48. The highest BCUT2D eigenvalue weighted by molar-refractivity contribution is 7.86. The average molecular weight is 340 g/mol. The van der Waals surface area contributed by atoms with E-state index in [1.807, 2.05) is 31.1 Å². The van der Waals surface area contributed by atoms with E-state index in [9.17, 15) is 8.42 Å². The van der Waals surface area contributed by atoms with Crippen LogP contribution in [0.3, 0.4) is 0 Å². The van der Waals surface area contributed by atoms with Crippen LogP contribution in [0.4, 0.5) is 5.82 Å². The van der Waals surface area contributed by atoms with Gasteiger partial charge in [0.1, 0.15) is 5.82 Å². The molecule has 2 saturated heterocycles. The standard InChI is InChI=1S/C15H24N4O3S/c1-17(2)15-12-13(5-6-16-15)14-4-3-7-19(14)23(20,21)18-8-10-22-11-9-18/h5-6,12,14H,3-4,7-11H2,1-2H3/t14-/m0/s1. The maximum absolute atomic E-state index is 13.0. The third-order valence-electron chi connectivity index (χ3n) is 4.41. The van der Waals surface area contributed by atoms with Crippen LogP contribution in [-0.2, 0) is 14.9 Å². The number of anilines is 1. The molecule has 0 N–H and O–H groups in total. The summed E-state index contributed by atoms with van der Waals surface area (Å²) in [5.41, 5.74) is 1.01. The quantitative estimate of drug-likeness (QED) is 0.813. The first-order valence-electron chi connectivity index (χ1n) is 7.98. The summed E-state index contributed by atoms with van der Waals surface area (Å²) in [7, 11) is 0.428. The van der Waals surface area contributed by atoms with E-state index in [-0.39, 0.29) is 6.04 Å². The Morgan fingerprint density at radius 1 is 1.26 bits per heavy atom. The smallest absolute Gasteiger partial charge is 0.282 e. The highest BCUT2D eigenvalue weighted by atomic mass is 32.2. The fraction of sp³-hybridized carbons (Fsp3) is 0.667. The normalized spacial score (nSPS) is 24.0. The second kappa shape index (κ2) is 6.72. The molecule has 1 aromatic rings. The lowest BCUT2D eigenvalue weighted by molar-refractivity contribution is 0.0699. The lowest BCUT2D eigenvalue weighted by atomic mass is 10.1. The monoisotopic (exact) mass is 340 g/mol. The van der Waals surface area contributed by atoms with Crippen LogP contribution in [0.15, 0.2) is 18.3 Å². The first-order valence-corrected chi connectivity index (χ1v) is 9.38. The molecule has 0 saturated carbocycles. The van der Waals surface area contributed by atoms with Gasteiger partial charge in [-0.15, -0.1) is 0 Å². The van der Waals surface area contributed by atoms with E-state index < -0.39 is 10.2 Å². The highest BCUT2D eigenvalue weighted by Gasteiger charge is 2.39. The Kier molecular flexibility index (Phi) is 4.86. The average Bonchev–Trinajstić information content (AvgIpc) is 3.06. The van der Waals surface area contributed by atoms with Crippen LogP contribution in [0, 0.1) is 0 Å². The zero-order valence-electron chi connectivity index (χ0n) is 13.7. The van der Waals surface area contributed by atoms with Crippen molar-refractivity contribution in [2.45, 2.75) is 18.9 Å². The van der Waals surface area contributed by atoms with E-state index in [0.717, 1.165) is 24.2 Å². The molecule has 0 bridgehead atoms. The van der Waals surface area contributed by atoms with Crippen molar-refractivity contribution in [3.8, 4) is 0 Å². The summed E-state index contributed by atoms with van der Waals surface area (Å²) in [6, 6.07) is 3.80. The summed E-state index contributed by atoms with van der Waals surface area (Å²) in [5.74, 6) is 0.845. The molecule has 3 rings (SSSR count). The van der Waals surface area contributed by atoms with Crippen molar-refractivity contribution >= 4 is 16.0 Å². The fourth-order valence-corrected chi connectivity index (χ4v) is 4.98. The Hall–Kier alpha value is -1.22. The molecule has 0 amide bonds. The number of aromatic nitrogens is 1. The fourth-order valence-electron chi connectivity index (χ4n) is 3.16. The third kappa shape index (κ3) is 3.35. The van der Waals surface area contributed by atoms with Crippen LogP contribution in [0.2, 0.25) is 0 Å². The molecule has 1 atom stereocenters. The summed E-state index contributed by atoms with van der Waals surface area (Å²) in [4.78, 5) is 6.25. The predicted molar refractivity (Wildman–Crippen MR) is 88.6 cm³/mol. The van der Waals surface area contributed by atoms with E-state index in [1.165, 1.54) is 0 Å². The molecule has 2 aliphatic heterocycles. The number of hydrogen-bond acceptors (Lipinski definition) is 5. The van der Waals surface area contributed by atoms with Gasteiger partial charge in [-0.3, -0.25) is 0 Å². The number of morpholine rings is 1. The van der Waals surface area contributed by atoms with Gasteiger partial charge in [0.15, 0.2) is 0 Å². The Bertz CT molecular complexity index is 644. The van der Waals surface area contributed by atoms with Gasteiger partial charge in [0.2, 0.25) is 0 Å². The van der Waals surface area contributed by atoms with Crippen LogP contribution in [-0.4, -0.2) is 69.0 Å². The van der Waals surface area contributed by atoms with E-state index in [1.54, 1.807) is 14.8 Å². The second-order valence-electron chi connectivity index (χ2n) is 6.13. The minimum absolute atomic E-state index is 0.107. The van der Waals surface area contributed by atoms with Gasteiger partial charge >= 0.3 is 0 Å². The van der Waals surface area contributed by atoms with Gasteiger partial charge in [-0.05, 0) is 30.5 Å². The number of rotatable bonds is 4. The molecule has 7 nitrogen and oxygen atoms in total. The first kappa shape index (κ1) is 16.6. The SMILES string of the molecule is CN(C)c1cc([C@@H]2CCCN2S(=O)(=O)N2CCOCC2)ccn1. The number of hydrogen-bond donors (Lipinski definition) is 0. The summed E-state index contributed by atoms with van der Waals surface area (Å²) < 4.78 is 34.4. The lowest BCUT2D eigenvalue weighted by Gasteiger charge is -2.33. The second-order valence-corrected chi connectivity index (χ2v) is 8.01. The minimum atomic E-state index is -3.44. The summed E-state index contributed by atoms with van der Waals surface area (Å²) in [6.45, 7) is 2.38. The molecule has 8 heteroatoms. The molecule has 0 aliphatic carbocycles. The Balaban J connectivity index is 1.86. The molecule has 0 radical (unpaired) electrons. The van der Waals surface area contributed by atoms with Crippen molar-refractivity contribution in [2.24, 2.45) is 0 Å². The van der Waals surface area contributed by atoms with Crippen LogP contribution in [0.1, 0.15) is 24.4 Å². The van der Waals surface area contributed by atoms with Gasteiger partial charge < -0.3 is 9.64 Å². The zero-order chi connectivity index (χ0) is 16.4. The van der Waals surface area contributed by atoms with Crippen molar-refractivity contribution in [3.63, 3.8) is 0 Å². The van der Waals surface area contributed by atoms with Crippen molar-refractivity contribution in [1.29, 1.82) is 0 Å². The molecule has 0 unspecified atom stereocenters. The maximum atomic E-state index is 13.0. The summed E-state index contributed by atoms with van der Waals surface area (Å²) in [6.07, 6.45) is 3.48. The largest absolute Gasteiger partial charge is 0.379 e. The maximum Gasteiger partial charge on any atom is 0.282 e. The molecule has 0 spiro atoms. The topological polar surface area (TPSA) is 66.0 Å².